The third-order valence-electron chi connectivity index (χ3n) is 4.30. The Labute approximate surface area is 173 Å². The predicted octanol–water partition coefficient (Wildman–Crippen LogP) is 1.70. The molecule has 3 rings (SSSR count). The second-order valence-electron chi connectivity index (χ2n) is 6.14. The first kappa shape index (κ1) is 20.9. The highest BCUT2D eigenvalue weighted by atomic mass is 32.1. The number of carbonyl (C=O) groups excluding carboxylic acids is 1. The minimum absolute atomic E-state index is 0.148. The van der Waals surface area contributed by atoms with Crippen LogP contribution in [0.25, 0.3) is 0 Å². The van der Waals surface area contributed by atoms with Crippen LogP contribution in [0.15, 0.2) is 22.6 Å². The first-order valence-electron chi connectivity index (χ1n) is 9.03. The average molecular weight is 420 g/mol. The van der Waals surface area contributed by atoms with Crippen LogP contribution in [0.5, 0.6) is 17.2 Å². The van der Waals surface area contributed by atoms with Crippen molar-refractivity contribution in [1.29, 1.82) is 0 Å². The number of nitrogens with zero attached hydrogens (tertiary/aromatic N) is 3. The summed E-state index contributed by atoms with van der Waals surface area (Å²) in [7, 11) is 4.64. The maximum atomic E-state index is 12.2. The van der Waals surface area contributed by atoms with Crippen molar-refractivity contribution in [2.24, 2.45) is 5.10 Å². The van der Waals surface area contributed by atoms with Gasteiger partial charge in [0.25, 0.3) is 0 Å². The smallest absolute Gasteiger partial charge is 0.246 e. The number of thiazole rings is 1. The molecular weight excluding hydrogens is 396 g/mol. The number of hydrazone groups is 1. The number of hydrogen-bond donors (Lipinski definition) is 1. The predicted molar refractivity (Wildman–Crippen MR) is 111 cm³/mol. The summed E-state index contributed by atoms with van der Waals surface area (Å²) in [5.74, 6) is 1.38. The minimum Gasteiger partial charge on any atom is -0.496 e. The summed E-state index contributed by atoms with van der Waals surface area (Å²) in [5.41, 5.74) is 3.83. The number of anilines is 1. The standard InChI is InChI=1S/C19H24N4O5S/c1-25-14-9-16(26-2)15(17(10-14)27-3)11-20-22-18(24)8-13-12-29-19(21-13)23-4-6-28-7-5-23/h9-12H,4-8H2,1-3H3,(H,22,24)/b20-11-. The highest BCUT2D eigenvalue weighted by Crippen LogP contribution is 2.32. The number of hydrogen-bond acceptors (Lipinski definition) is 9. The molecule has 1 aromatic heterocycles. The Bertz CT molecular complexity index is 839. The molecule has 0 bridgehead atoms. The zero-order valence-electron chi connectivity index (χ0n) is 16.6. The number of carbonyl (C=O) groups is 1. The molecular formula is C19H24N4O5S. The molecule has 2 aromatic rings. The van der Waals surface area contributed by atoms with E-state index in [-0.39, 0.29) is 12.3 Å². The van der Waals surface area contributed by atoms with E-state index in [1.165, 1.54) is 17.6 Å². The first-order chi connectivity index (χ1) is 14.1. The fourth-order valence-electron chi connectivity index (χ4n) is 2.81. The number of aromatic nitrogens is 1. The molecule has 1 aliphatic heterocycles. The van der Waals surface area contributed by atoms with Crippen molar-refractivity contribution in [2.45, 2.75) is 6.42 Å². The van der Waals surface area contributed by atoms with Gasteiger partial charge < -0.3 is 23.8 Å². The number of nitrogens with one attached hydrogen (secondary N) is 1. The molecule has 0 radical (unpaired) electrons. The molecule has 0 spiro atoms. The van der Waals surface area contributed by atoms with Crippen molar-refractivity contribution in [3.63, 3.8) is 0 Å². The van der Waals surface area contributed by atoms with Gasteiger partial charge in [0.2, 0.25) is 5.91 Å². The van der Waals surface area contributed by atoms with E-state index in [1.54, 1.807) is 33.5 Å². The molecule has 29 heavy (non-hydrogen) atoms. The number of methoxy groups -OCH3 is 3. The monoisotopic (exact) mass is 420 g/mol. The average Bonchev–Trinajstić information content (AvgIpc) is 3.22. The van der Waals surface area contributed by atoms with Gasteiger partial charge >= 0.3 is 0 Å². The van der Waals surface area contributed by atoms with Gasteiger partial charge in [-0.2, -0.15) is 5.10 Å². The largest absolute Gasteiger partial charge is 0.496 e. The molecule has 10 heteroatoms. The number of morpholine rings is 1. The molecule has 1 N–H and O–H groups in total. The summed E-state index contributed by atoms with van der Waals surface area (Å²) < 4.78 is 21.3. The summed E-state index contributed by atoms with van der Waals surface area (Å²) in [5, 5.41) is 6.83. The lowest BCUT2D eigenvalue weighted by atomic mass is 10.2. The first-order valence-corrected chi connectivity index (χ1v) is 9.91. The van der Waals surface area contributed by atoms with Crippen molar-refractivity contribution in [1.82, 2.24) is 10.4 Å². The lowest BCUT2D eigenvalue weighted by Crippen LogP contribution is -2.36. The van der Waals surface area contributed by atoms with E-state index in [0.29, 0.717) is 41.7 Å². The zero-order valence-corrected chi connectivity index (χ0v) is 17.5. The topological polar surface area (TPSA) is 94.5 Å². The van der Waals surface area contributed by atoms with Crippen LogP contribution < -0.4 is 24.5 Å². The van der Waals surface area contributed by atoms with Gasteiger partial charge in [0.15, 0.2) is 5.13 Å². The van der Waals surface area contributed by atoms with Gasteiger partial charge in [-0.25, -0.2) is 10.4 Å². The van der Waals surface area contributed by atoms with Crippen LogP contribution in [0.3, 0.4) is 0 Å². The SMILES string of the molecule is COc1cc(OC)c(/C=N\NC(=O)Cc2csc(N3CCOCC3)n2)c(OC)c1. The minimum atomic E-state index is -0.258. The Balaban J connectivity index is 1.61. The second-order valence-corrected chi connectivity index (χ2v) is 6.97. The normalized spacial score (nSPS) is 14.1. The highest BCUT2D eigenvalue weighted by molar-refractivity contribution is 7.13. The summed E-state index contributed by atoms with van der Waals surface area (Å²) in [4.78, 5) is 18.9. The van der Waals surface area contributed by atoms with Gasteiger partial charge in [-0.1, -0.05) is 0 Å². The highest BCUT2D eigenvalue weighted by Gasteiger charge is 2.16. The maximum Gasteiger partial charge on any atom is 0.246 e. The summed E-state index contributed by atoms with van der Waals surface area (Å²) in [6.45, 7) is 3.02. The second kappa shape index (κ2) is 10.1. The van der Waals surface area contributed by atoms with E-state index in [0.717, 1.165) is 18.2 Å². The Kier molecular flexibility index (Phi) is 7.25. The lowest BCUT2D eigenvalue weighted by molar-refractivity contribution is -0.120. The number of amides is 1. The van der Waals surface area contributed by atoms with Crippen LogP contribution in [-0.2, 0) is 16.0 Å². The van der Waals surface area contributed by atoms with E-state index in [9.17, 15) is 4.79 Å². The van der Waals surface area contributed by atoms with E-state index in [2.05, 4.69) is 20.4 Å². The molecule has 0 unspecified atom stereocenters. The fourth-order valence-corrected chi connectivity index (χ4v) is 3.69. The Hall–Kier alpha value is -2.85. The van der Waals surface area contributed by atoms with Gasteiger partial charge in [0.1, 0.15) is 17.2 Å². The van der Waals surface area contributed by atoms with Crippen molar-refractivity contribution >= 4 is 28.6 Å². The Morgan fingerprint density at radius 2 is 1.93 bits per heavy atom. The summed E-state index contributed by atoms with van der Waals surface area (Å²) in [6.07, 6.45) is 1.63. The van der Waals surface area contributed by atoms with Crippen molar-refractivity contribution in [2.75, 3.05) is 52.5 Å². The van der Waals surface area contributed by atoms with Crippen LogP contribution in [0.4, 0.5) is 5.13 Å². The van der Waals surface area contributed by atoms with Crippen LogP contribution >= 0.6 is 11.3 Å². The Morgan fingerprint density at radius 3 is 2.55 bits per heavy atom. The molecule has 0 aliphatic carbocycles. The maximum absolute atomic E-state index is 12.2. The van der Waals surface area contributed by atoms with Crippen LogP contribution in [0.1, 0.15) is 11.3 Å². The van der Waals surface area contributed by atoms with Gasteiger partial charge in [0.05, 0.1) is 58.4 Å². The lowest BCUT2D eigenvalue weighted by Gasteiger charge is -2.26. The summed E-state index contributed by atoms with van der Waals surface area (Å²) >= 11 is 1.53. The van der Waals surface area contributed by atoms with E-state index in [4.69, 9.17) is 18.9 Å². The molecule has 156 valence electrons. The molecule has 0 atom stereocenters. The molecule has 1 fully saturated rings. The van der Waals surface area contributed by atoms with Gasteiger partial charge in [0, 0.05) is 30.6 Å². The van der Waals surface area contributed by atoms with E-state index in [1.807, 2.05) is 5.38 Å². The fraction of sp³-hybridized carbons (Fsp3) is 0.421. The van der Waals surface area contributed by atoms with Crippen LogP contribution in [0, 0.1) is 0 Å². The molecule has 9 nitrogen and oxygen atoms in total. The van der Waals surface area contributed by atoms with E-state index < -0.39 is 0 Å². The quantitative estimate of drug-likeness (QED) is 0.513. The van der Waals surface area contributed by atoms with Crippen molar-refractivity contribution in [3.05, 3.63) is 28.8 Å². The molecule has 1 aromatic carbocycles. The zero-order chi connectivity index (χ0) is 20.6. The number of rotatable bonds is 8. The third-order valence-corrected chi connectivity index (χ3v) is 5.25. The number of ether oxygens (including phenoxy) is 4. The van der Waals surface area contributed by atoms with Crippen LogP contribution in [-0.4, -0.2) is 64.7 Å². The third kappa shape index (κ3) is 5.36. The molecule has 1 amide bonds. The molecule has 1 saturated heterocycles. The number of benzene rings is 1. The van der Waals surface area contributed by atoms with Gasteiger partial charge in [-0.05, 0) is 0 Å². The Morgan fingerprint density at radius 1 is 1.24 bits per heavy atom. The van der Waals surface area contributed by atoms with Crippen molar-refractivity contribution in [3.8, 4) is 17.2 Å². The van der Waals surface area contributed by atoms with Crippen LogP contribution in [0.2, 0.25) is 0 Å². The van der Waals surface area contributed by atoms with Gasteiger partial charge in [-0.15, -0.1) is 11.3 Å². The molecule has 0 saturated carbocycles. The molecule has 1 aliphatic rings. The van der Waals surface area contributed by atoms with Crippen molar-refractivity contribution < 1.29 is 23.7 Å². The van der Waals surface area contributed by atoms with Gasteiger partial charge in [-0.3, -0.25) is 4.79 Å². The van der Waals surface area contributed by atoms with E-state index >= 15 is 0 Å². The molecule has 2 heterocycles. The summed E-state index contributed by atoms with van der Waals surface area (Å²) in [6, 6.07) is 3.43.